The molecule has 4 N–H and O–H groups in total. The van der Waals surface area contributed by atoms with Crippen molar-refractivity contribution in [2.24, 2.45) is 11.8 Å². The van der Waals surface area contributed by atoms with Crippen LogP contribution in [0.15, 0.2) is 102 Å². The highest BCUT2D eigenvalue weighted by molar-refractivity contribution is 9.10. The number of Topliss-reactive ketones (excluding diaryl/α,β-unsaturated/α-hetero) is 1. The number of carbonyl (C=O) groups is 5. The molecule has 2 saturated heterocycles. The molecule has 0 saturated carbocycles. The Morgan fingerprint density at radius 2 is 1.12 bits per heavy atom. The normalized spacial score (nSPS) is 16.5. The van der Waals surface area contributed by atoms with Gasteiger partial charge in [0.2, 0.25) is 11.8 Å². The predicted molar refractivity (Wildman–Crippen MR) is 273 cm³/mol. The number of H-pyrrole nitrogens is 2. The fourth-order valence-electron chi connectivity index (χ4n) is 8.89. The molecular weight excluding hydrogens is 1010 g/mol. The standard InChI is InChI=1S/C44H52N8O6.C8H6Br2O/c1-25(2)37(49-43(55)57-5)41(53)51-18-8-12-35(51)39-45-23-33(47-39)31-11-7-10-27(21-31)28-14-15-30-22-32(17-16-29(30)20-28)34-24-46-40(48-34)36-13-9-19-52(36)42(54)38(26(3)4)50-44(56)58-6;9-5-8(11)6-2-1-3-7(10)4-6/h7,10-11,14-17,20-26,35-38H,8-9,12-13,18-19H2,1-6H3,(H,45,47)(H,46,48)(H,49,55)(H,50,56);1-4H,5H2/t35-,36-,37-,38-;/m0./s1. The highest BCUT2D eigenvalue weighted by Crippen LogP contribution is 2.36. The Labute approximate surface area is 418 Å². The molecule has 2 aliphatic rings. The average Bonchev–Trinajstić information content (AvgIpc) is 4.21. The highest BCUT2D eigenvalue weighted by atomic mass is 79.9. The molecular formula is C52H58Br2N8O7. The van der Waals surface area contributed by atoms with E-state index in [1.165, 1.54) is 14.2 Å². The van der Waals surface area contributed by atoms with Crippen LogP contribution in [0.25, 0.3) is 44.4 Å². The number of ketones is 1. The van der Waals surface area contributed by atoms with E-state index in [1.807, 2.05) is 80.2 Å². The van der Waals surface area contributed by atoms with E-state index < -0.39 is 24.3 Å². The van der Waals surface area contributed by atoms with Crippen LogP contribution in [0, 0.1) is 11.8 Å². The molecule has 15 nitrogen and oxygen atoms in total. The van der Waals surface area contributed by atoms with Crippen LogP contribution in [0.1, 0.15) is 87.5 Å². The van der Waals surface area contributed by atoms with E-state index in [9.17, 15) is 24.0 Å². The topological polar surface area (TPSA) is 192 Å². The third-order valence-electron chi connectivity index (χ3n) is 12.6. The summed E-state index contributed by atoms with van der Waals surface area (Å²) < 4.78 is 10.5. The van der Waals surface area contributed by atoms with Gasteiger partial charge in [-0.15, -0.1) is 0 Å². The second-order valence-corrected chi connectivity index (χ2v) is 19.4. The van der Waals surface area contributed by atoms with Crippen molar-refractivity contribution in [2.75, 3.05) is 32.6 Å². The van der Waals surface area contributed by atoms with E-state index >= 15 is 0 Å². The quantitative estimate of drug-likeness (QED) is 0.0644. The van der Waals surface area contributed by atoms with Gasteiger partial charge in [0, 0.05) is 34.3 Å². The Morgan fingerprint density at radius 1 is 0.652 bits per heavy atom. The van der Waals surface area contributed by atoms with E-state index in [0.29, 0.717) is 18.4 Å². The summed E-state index contributed by atoms with van der Waals surface area (Å²) in [4.78, 5) is 82.3. The van der Waals surface area contributed by atoms with Crippen LogP contribution in [0.2, 0.25) is 0 Å². The number of nitrogens with one attached hydrogen (secondary N) is 4. The van der Waals surface area contributed by atoms with Gasteiger partial charge >= 0.3 is 12.2 Å². The summed E-state index contributed by atoms with van der Waals surface area (Å²) in [6.45, 7) is 8.79. The maximum atomic E-state index is 13.6. The summed E-state index contributed by atoms with van der Waals surface area (Å²) in [5, 5.41) is 7.96. The number of nitrogens with zero attached hydrogens (tertiary/aromatic N) is 4. The average molecular weight is 1070 g/mol. The van der Waals surface area contributed by atoms with Crippen LogP contribution >= 0.6 is 31.9 Å². The number of methoxy groups -OCH3 is 2. The van der Waals surface area contributed by atoms with Gasteiger partial charge in [-0.25, -0.2) is 19.6 Å². The Morgan fingerprint density at radius 3 is 1.61 bits per heavy atom. The lowest BCUT2D eigenvalue weighted by Crippen LogP contribution is -2.51. The summed E-state index contributed by atoms with van der Waals surface area (Å²) in [6, 6.07) is 26.6. The molecule has 8 rings (SSSR count). The SMILES string of the molecule is COC(=O)N[C@H](C(=O)N1CCC[C@H]1c1ncc(-c2cccc(-c3ccc4cc(-c5cnc([C@@H]6CCCN6C(=O)[C@@H](NC(=O)OC)C(C)C)[nH]5)ccc4c3)c2)[nH]1)C(C)C.O=C(CBr)c1cccc(Br)c1. The Hall–Kier alpha value is -6.33. The van der Waals surface area contributed by atoms with Gasteiger partial charge in [-0.2, -0.15) is 0 Å². The lowest BCUT2D eigenvalue weighted by molar-refractivity contribution is -0.136. The van der Waals surface area contributed by atoms with E-state index in [2.05, 4.69) is 101 Å². The number of fused-ring (bicyclic) bond motifs is 1. The van der Waals surface area contributed by atoms with Crippen molar-refractivity contribution in [3.63, 3.8) is 0 Å². The van der Waals surface area contributed by atoms with Gasteiger partial charge in [0.25, 0.3) is 0 Å². The molecule has 0 radical (unpaired) electrons. The second kappa shape index (κ2) is 22.9. The van der Waals surface area contributed by atoms with E-state index in [4.69, 9.17) is 19.4 Å². The van der Waals surface area contributed by atoms with Gasteiger partial charge in [0.05, 0.1) is 55.4 Å². The number of benzene rings is 4. The fraction of sp³-hybridized carbons (Fsp3) is 0.365. The molecule has 17 heteroatoms. The Bertz CT molecular complexity index is 2810. The first-order chi connectivity index (χ1) is 33.2. The summed E-state index contributed by atoms with van der Waals surface area (Å²) in [5.74, 6) is 1.05. The number of rotatable bonds is 13. The molecule has 4 heterocycles. The van der Waals surface area contributed by atoms with E-state index in [0.717, 1.165) is 91.8 Å². The van der Waals surface area contributed by atoms with Crippen LogP contribution in [0.4, 0.5) is 9.59 Å². The predicted octanol–water partition coefficient (Wildman–Crippen LogP) is 10.4. The first-order valence-corrected chi connectivity index (χ1v) is 25.0. The minimum absolute atomic E-state index is 0.103. The maximum Gasteiger partial charge on any atom is 0.407 e. The molecule has 362 valence electrons. The molecule has 2 aromatic heterocycles. The smallest absolute Gasteiger partial charge is 0.407 e. The van der Waals surface area contributed by atoms with Gasteiger partial charge in [0.1, 0.15) is 23.7 Å². The van der Waals surface area contributed by atoms with Crippen LogP contribution in [-0.4, -0.2) is 104 Å². The molecule has 4 amide bonds. The fourth-order valence-corrected chi connectivity index (χ4v) is 9.61. The van der Waals surface area contributed by atoms with Crippen molar-refractivity contribution in [1.29, 1.82) is 0 Å². The van der Waals surface area contributed by atoms with Crippen molar-refractivity contribution >= 4 is 72.4 Å². The first-order valence-electron chi connectivity index (χ1n) is 23.1. The van der Waals surface area contributed by atoms with Crippen molar-refractivity contribution in [3.05, 3.63) is 119 Å². The molecule has 6 aromatic rings. The van der Waals surface area contributed by atoms with E-state index in [-0.39, 0.29) is 41.5 Å². The number of hydrogen-bond donors (Lipinski definition) is 4. The molecule has 2 aliphatic heterocycles. The largest absolute Gasteiger partial charge is 0.453 e. The molecule has 0 bridgehead atoms. The zero-order chi connectivity index (χ0) is 49.4. The third kappa shape index (κ3) is 11.9. The van der Waals surface area contributed by atoms with Gasteiger partial charge in [-0.3, -0.25) is 14.4 Å². The number of hydrogen-bond acceptors (Lipinski definition) is 9. The van der Waals surface area contributed by atoms with Crippen LogP contribution in [0.5, 0.6) is 0 Å². The van der Waals surface area contributed by atoms with Crippen molar-refractivity contribution < 1.29 is 33.4 Å². The van der Waals surface area contributed by atoms with Crippen LogP contribution in [-0.2, 0) is 19.1 Å². The number of ether oxygens (including phenoxy) is 2. The number of likely N-dealkylation sites (tertiary alicyclic amines) is 2. The summed E-state index contributed by atoms with van der Waals surface area (Å²) >= 11 is 6.40. The van der Waals surface area contributed by atoms with Crippen molar-refractivity contribution in [2.45, 2.75) is 77.5 Å². The van der Waals surface area contributed by atoms with Crippen LogP contribution in [0.3, 0.4) is 0 Å². The van der Waals surface area contributed by atoms with Gasteiger partial charge < -0.3 is 39.9 Å². The van der Waals surface area contributed by atoms with Gasteiger partial charge in [-0.1, -0.05) is 114 Å². The zero-order valence-corrected chi connectivity index (χ0v) is 42.7. The number of carbonyl (C=O) groups excluding carboxylic acids is 5. The molecule has 69 heavy (non-hydrogen) atoms. The number of alkyl halides is 1. The number of halogens is 2. The molecule has 0 spiro atoms. The monoisotopic (exact) mass is 1060 g/mol. The maximum absolute atomic E-state index is 13.6. The second-order valence-electron chi connectivity index (χ2n) is 17.9. The molecule has 4 atom stereocenters. The molecule has 4 aromatic carbocycles. The highest BCUT2D eigenvalue weighted by Gasteiger charge is 2.39. The third-order valence-corrected chi connectivity index (χ3v) is 13.6. The number of amides is 4. The lowest BCUT2D eigenvalue weighted by atomic mass is 9.98. The number of imidazole rings is 2. The van der Waals surface area contributed by atoms with E-state index in [1.54, 1.807) is 6.07 Å². The minimum atomic E-state index is -0.694. The Balaban J connectivity index is 0.000000563. The summed E-state index contributed by atoms with van der Waals surface area (Å²) in [6.07, 6.45) is 5.63. The molecule has 0 unspecified atom stereocenters. The minimum Gasteiger partial charge on any atom is -0.453 e. The number of alkyl carbamates (subject to hydrolysis) is 2. The van der Waals surface area contributed by atoms with Gasteiger partial charge in [-0.05, 0) is 89.8 Å². The van der Waals surface area contributed by atoms with Crippen LogP contribution < -0.4 is 10.6 Å². The van der Waals surface area contributed by atoms with Gasteiger partial charge in [0.15, 0.2) is 5.78 Å². The summed E-state index contributed by atoms with van der Waals surface area (Å²) in [7, 11) is 2.58. The zero-order valence-electron chi connectivity index (χ0n) is 39.6. The summed E-state index contributed by atoms with van der Waals surface area (Å²) in [5.41, 5.74) is 6.55. The first kappa shape index (κ1) is 50.5. The Kier molecular flexibility index (Phi) is 16.7. The van der Waals surface area contributed by atoms with Crippen molar-refractivity contribution in [3.8, 4) is 33.6 Å². The molecule has 2 fully saturated rings. The van der Waals surface area contributed by atoms with Crippen molar-refractivity contribution in [1.82, 2.24) is 40.4 Å². The number of aromatic amines is 2. The molecule has 0 aliphatic carbocycles. The lowest BCUT2D eigenvalue weighted by Gasteiger charge is -2.30. The number of aromatic nitrogens is 4.